The first-order valence-electron chi connectivity index (χ1n) is 5.25. The standard InChI is InChI=1S/C13H7Cl4NO/c14-8-5-11(17)13(18-6-8)12(19)4-7-1-2-9(15)10(16)3-7/h1-3,5-6H,4H2. The predicted molar refractivity (Wildman–Crippen MR) is 78.8 cm³/mol. The largest absolute Gasteiger partial charge is 0.292 e. The van der Waals surface area contributed by atoms with Gasteiger partial charge in [-0.1, -0.05) is 52.5 Å². The van der Waals surface area contributed by atoms with Crippen LogP contribution in [-0.2, 0) is 6.42 Å². The molecule has 0 radical (unpaired) electrons. The van der Waals surface area contributed by atoms with Gasteiger partial charge in [0.25, 0.3) is 0 Å². The van der Waals surface area contributed by atoms with E-state index in [0.29, 0.717) is 15.1 Å². The van der Waals surface area contributed by atoms with Crippen LogP contribution in [-0.4, -0.2) is 10.8 Å². The maximum Gasteiger partial charge on any atom is 0.187 e. The van der Waals surface area contributed by atoms with Crippen molar-refractivity contribution < 1.29 is 4.79 Å². The van der Waals surface area contributed by atoms with E-state index in [1.807, 2.05) is 0 Å². The fourth-order valence-corrected chi connectivity index (χ4v) is 2.34. The summed E-state index contributed by atoms with van der Waals surface area (Å²) in [6, 6.07) is 6.50. The third-order valence-corrected chi connectivity index (χ3v) is 3.65. The summed E-state index contributed by atoms with van der Waals surface area (Å²) in [5.74, 6) is -0.208. The summed E-state index contributed by atoms with van der Waals surface area (Å²) >= 11 is 23.4. The number of halogens is 4. The lowest BCUT2D eigenvalue weighted by atomic mass is 10.1. The highest BCUT2D eigenvalue weighted by Crippen LogP contribution is 2.24. The second-order valence-electron chi connectivity index (χ2n) is 3.83. The van der Waals surface area contributed by atoms with Gasteiger partial charge in [-0.25, -0.2) is 4.98 Å². The Labute approximate surface area is 130 Å². The highest BCUT2D eigenvalue weighted by Gasteiger charge is 2.14. The molecular weight excluding hydrogens is 328 g/mol. The molecule has 0 atom stereocenters. The first kappa shape index (κ1) is 14.6. The molecule has 19 heavy (non-hydrogen) atoms. The van der Waals surface area contributed by atoms with Gasteiger partial charge < -0.3 is 0 Å². The van der Waals surface area contributed by atoms with Gasteiger partial charge >= 0.3 is 0 Å². The maximum atomic E-state index is 12.1. The summed E-state index contributed by atoms with van der Waals surface area (Å²) in [6.45, 7) is 0. The molecule has 1 aromatic carbocycles. The molecule has 2 rings (SSSR count). The first-order valence-corrected chi connectivity index (χ1v) is 6.76. The van der Waals surface area contributed by atoms with E-state index < -0.39 is 0 Å². The minimum atomic E-state index is -0.208. The fourth-order valence-electron chi connectivity index (χ4n) is 1.54. The molecule has 0 N–H and O–H groups in total. The number of benzene rings is 1. The van der Waals surface area contributed by atoms with Gasteiger partial charge in [0.2, 0.25) is 0 Å². The molecule has 0 saturated carbocycles. The lowest BCUT2D eigenvalue weighted by Crippen LogP contribution is -2.06. The molecule has 2 nitrogen and oxygen atoms in total. The van der Waals surface area contributed by atoms with Crippen LogP contribution in [0.2, 0.25) is 20.1 Å². The third-order valence-electron chi connectivity index (χ3n) is 2.42. The van der Waals surface area contributed by atoms with Gasteiger partial charge in [0.05, 0.1) is 20.1 Å². The molecule has 0 fully saturated rings. The molecule has 0 aliphatic carbocycles. The molecule has 6 heteroatoms. The predicted octanol–water partition coefficient (Wildman–Crippen LogP) is 5.12. The van der Waals surface area contributed by atoms with E-state index in [0.717, 1.165) is 5.56 Å². The number of Topliss-reactive ketones (excluding diaryl/α,β-unsaturated/α-hetero) is 1. The number of rotatable bonds is 3. The number of carbonyl (C=O) groups is 1. The second-order valence-corrected chi connectivity index (χ2v) is 5.49. The van der Waals surface area contributed by atoms with Crippen LogP contribution < -0.4 is 0 Å². The summed E-state index contributed by atoms with van der Waals surface area (Å²) in [5, 5.41) is 1.47. The van der Waals surface area contributed by atoms with Crippen molar-refractivity contribution in [3.05, 3.63) is 61.8 Å². The van der Waals surface area contributed by atoms with Crippen molar-refractivity contribution in [2.24, 2.45) is 0 Å². The van der Waals surface area contributed by atoms with Gasteiger partial charge in [-0.2, -0.15) is 0 Å². The summed E-state index contributed by atoms with van der Waals surface area (Å²) in [7, 11) is 0. The molecule has 0 bridgehead atoms. The van der Waals surface area contributed by atoms with Crippen molar-refractivity contribution in [1.82, 2.24) is 4.98 Å². The van der Waals surface area contributed by atoms with E-state index >= 15 is 0 Å². The van der Waals surface area contributed by atoms with E-state index in [1.165, 1.54) is 12.3 Å². The zero-order chi connectivity index (χ0) is 14.0. The normalized spacial score (nSPS) is 10.5. The number of aromatic nitrogens is 1. The van der Waals surface area contributed by atoms with E-state index in [4.69, 9.17) is 46.4 Å². The number of hydrogen-bond donors (Lipinski definition) is 0. The average molecular weight is 335 g/mol. The lowest BCUT2D eigenvalue weighted by molar-refractivity contribution is 0.0988. The zero-order valence-electron chi connectivity index (χ0n) is 9.46. The maximum absolute atomic E-state index is 12.1. The molecule has 2 aromatic rings. The van der Waals surface area contributed by atoms with Crippen LogP contribution in [0.4, 0.5) is 0 Å². The average Bonchev–Trinajstić information content (AvgIpc) is 2.33. The molecule has 1 heterocycles. The first-order chi connectivity index (χ1) is 8.97. The van der Waals surface area contributed by atoms with E-state index in [-0.39, 0.29) is 22.9 Å². The number of carbonyl (C=O) groups excluding carboxylic acids is 1. The van der Waals surface area contributed by atoms with Gasteiger partial charge in [0, 0.05) is 12.6 Å². The highest BCUT2D eigenvalue weighted by atomic mass is 35.5. The molecule has 1 aromatic heterocycles. The van der Waals surface area contributed by atoms with Crippen molar-refractivity contribution >= 4 is 52.2 Å². The van der Waals surface area contributed by atoms with Crippen LogP contribution in [0.15, 0.2) is 30.5 Å². The van der Waals surface area contributed by atoms with Gasteiger partial charge in [0.1, 0.15) is 5.69 Å². The quantitative estimate of drug-likeness (QED) is 0.729. The summed E-state index contributed by atoms with van der Waals surface area (Å²) < 4.78 is 0. The van der Waals surface area contributed by atoms with E-state index in [1.54, 1.807) is 18.2 Å². The number of pyridine rings is 1. The molecule has 0 unspecified atom stereocenters. The van der Waals surface area contributed by atoms with Gasteiger partial charge in [-0.05, 0) is 23.8 Å². The smallest absolute Gasteiger partial charge is 0.187 e. The van der Waals surface area contributed by atoms with Gasteiger partial charge in [0.15, 0.2) is 5.78 Å². The van der Waals surface area contributed by atoms with Crippen molar-refractivity contribution in [2.75, 3.05) is 0 Å². The SMILES string of the molecule is O=C(Cc1ccc(Cl)c(Cl)c1)c1ncc(Cl)cc1Cl. The number of ketones is 1. The Hall–Kier alpha value is -0.800. The molecule has 0 aliphatic rings. The molecular formula is C13H7Cl4NO. The van der Waals surface area contributed by atoms with Crippen LogP contribution in [0.1, 0.15) is 16.1 Å². The van der Waals surface area contributed by atoms with Crippen LogP contribution in [0.5, 0.6) is 0 Å². The highest BCUT2D eigenvalue weighted by molar-refractivity contribution is 6.42. The Morgan fingerprint density at radius 3 is 2.37 bits per heavy atom. The van der Waals surface area contributed by atoms with Gasteiger partial charge in [-0.15, -0.1) is 0 Å². The number of hydrogen-bond acceptors (Lipinski definition) is 2. The fraction of sp³-hybridized carbons (Fsp3) is 0.0769. The Kier molecular flexibility index (Phi) is 4.69. The minimum Gasteiger partial charge on any atom is -0.292 e. The zero-order valence-corrected chi connectivity index (χ0v) is 12.5. The Bertz CT molecular complexity index is 643. The van der Waals surface area contributed by atoms with Crippen LogP contribution in [0.3, 0.4) is 0 Å². The summed E-state index contributed by atoms with van der Waals surface area (Å²) in [6.07, 6.45) is 1.53. The monoisotopic (exact) mass is 333 g/mol. The summed E-state index contributed by atoms with van der Waals surface area (Å²) in [5.41, 5.74) is 0.935. The van der Waals surface area contributed by atoms with Crippen LogP contribution >= 0.6 is 46.4 Å². The van der Waals surface area contributed by atoms with Crippen molar-refractivity contribution in [3.8, 4) is 0 Å². The van der Waals surface area contributed by atoms with Gasteiger partial charge in [-0.3, -0.25) is 4.79 Å². The molecule has 0 saturated heterocycles. The minimum absolute atomic E-state index is 0.144. The third kappa shape index (κ3) is 3.61. The molecule has 98 valence electrons. The Morgan fingerprint density at radius 2 is 1.74 bits per heavy atom. The van der Waals surface area contributed by atoms with Crippen LogP contribution in [0, 0.1) is 0 Å². The second kappa shape index (κ2) is 6.10. The van der Waals surface area contributed by atoms with Crippen molar-refractivity contribution in [3.63, 3.8) is 0 Å². The topological polar surface area (TPSA) is 30.0 Å². The van der Waals surface area contributed by atoms with Crippen molar-refractivity contribution in [2.45, 2.75) is 6.42 Å². The molecule has 0 amide bonds. The summed E-state index contributed by atoms with van der Waals surface area (Å²) in [4.78, 5) is 16.0. The van der Waals surface area contributed by atoms with Crippen LogP contribution in [0.25, 0.3) is 0 Å². The molecule has 0 aliphatic heterocycles. The molecule has 0 spiro atoms. The lowest BCUT2D eigenvalue weighted by Gasteiger charge is -2.04. The van der Waals surface area contributed by atoms with E-state index in [2.05, 4.69) is 4.98 Å². The Balaban J connectivity index is 2.23. The van der Waals surface area contributed by atoms with Crippen molar-refractivity contribution in [1.29, 1.82) is 0 Å². The van der Waals surface area contributed by atoms with E-state index in [9.17, 15) is 4.79 Å². The Morgan fingerprint density at radius 1 is 1.00 bits per heavy atom. The number of nitrogens with zero attached hydrogens (tertiary/aromatic N) is 1.